The van der Waals surface area contributed by atoms with E-state index in [0.29, 0.717) is 22.5 Å². The Morgan fingerprint density at radius 1 is 0.600 bits per heavy atom. The van der Waals surface area contributed by atoms with Crippen LogP contribution in [0.5, 0.6) is 5.75 Å². The van der Waals surface area contributed by atoms with Crippen molar-refractivity contribution < 1.29 is 28.7 Å². The number of rotatable bonds is 8. The van der Waals surface area contributed by atoms with Gasteiger partial charge in [-0.15, -0.1) is 11.6 Å². The molecule has 0 radical (unpaired) electrons. The minimum atomic E-state index is 0.0378. The van der Waals surface area contributed by atoms with Crippen molar-refractivity contribution in [2.75, 3.05) is 26.7 Å². The van der Waals surface area contributed by atoms with Gasteiger partial charge in [-0.2, -0.15) is 0 Å². The highest BCUT2D eigenvalue weighted by Crippen LogP contribution is 2.44. The van der Waals surface area contributed by atoms with Gasteiger partial charge in [0.2, 0.25) is 0 Å². The number of hydrogen-bond acceptors (Lipinski definition) is 6. The molecule has 0 saturated carbocycles. The molecule has 0 amide bonds. The van der Waals surface area contributed by atoms with Crippen LogP contribution in [-0.4, -0.2) is 49.8 Å². The summed E-state index contributed by atoms with van der Waals surface area (Å²) in [4.78, 5) is 48.3. The van der Waals surface area contributed by atoms with Crippen LogP contribution in [0.15, 0.2) is 77.3 Å². The third-order valence-electron chi connectivity index (χ3n) is 13.2. The zero-order valence-corrected chi connectivity index (χ0v) is 42.6. The highest BCUT2D eigenvalue weighted by molar-refractivity contribution is 9.10. The zero-order valence-electron chi connectivity index (χ0n) is 37.9. The number of ketones is 4. The van der Waals surface area contributed by atoms with Gasteiger partial charge in [0, 0.05) is 80.6 Å². The van der Waals surface area contributed by atoms with Gasteiger partial charge in [0.05, 0.1) is 11.6 Å². The van der Waals surface area contributed by atoms with Crippen LogP contribution in [-0.2, 0) is 30.4 Å². The molecule has 5 aromatic carbocycles. The number of carbonyl (C=O) groups is 4. The highest BCUT2D eigenvalue weighted by Gasteiger charge is 2.35. The number of hydrogen-bond donors (Lipinski definition) is 0. The molecule has 4 aliphatic rings. The van der Waals surface area contributed by atoms with E-state index in [2.05, 4.69) is 15.9 Å². The van der Waals surface area contributed by atoms with Crippen LogP contribution in [0, 0.1) is 44.4 Å². The van der Waals surface area contributed by atoms with Gasteiger partial charge in [-0.3, -0.25) is 19.2 Å². The van der Waals surface area contributed by atoms with Crippen LogP contribution in [0.3, 0.4) is 0 Å². The number of methoxy groups -OCH3 is 2. The predicted molar refractivity (Wildman–Crippen MR) is 269 cm³/mol. The van der Waals surface area contributed by atoms with Crippen molar-refractivity contribution in [3.05, 3.63) is 154 Å². The first kappa shape index (κ1) is 50.6. The third-order valence-corrected chi connectivity index (χ3v) is 15.6. The minimum absolute atomic E-state index is 0.0378. The number of fused-ring (bicyclic) bond motifs is 4. The summed E-state index contributed by atoms with van der Waals surface area (Å²) in [5.74, 6) is 2.61. The van der Waals surface area contributed by atoms with Gasteiger partial charge in [0.15, 0.2) is 23.1 Å². The number of ether oxygens (including phenoxy) is 2. The summed E-state index contributed by atoms with van der Waals surface area (Å²) in [5, 5.41) is 2.22. The highest BCUT2D eigenvalue weighted by atomic mass is 79.9. The lowest BCUT2D eigenvalue weighted by atomic mass is 9.95. The van der Waals surface area contributed by atoms with Gasteiger partial charge in [-0.1, -0.05) is 103 Å². The van der Waals surface area contributed by atoms with Crippen molar-refractivity contribution in [2.45, 2.75) is 79.6 Å². The van der Waals surface area contributed by atoms with Crippen molar-refractivity contribution in [2.24, 2.45) is 23.7 Å². The fraction of sp³-hybridized carbons (Fsp3) is 0.370. The van der Waals surface area contributed by atoms with Crippen molar-refractivity contribution in [3.8, 4) is 16.9 Å². The van der Waals surface area contributed by atoms with Gasteiger partial charge < -0.3 is 9.47 Å². The summed E-state index contributed by atoms with van der Waals surface area (Å²) in [5.41, 5.74) is 12.9. The fourth-order valence-electron chi connectivity index (χ4n) is 9.33. The summed E-state index contributed by atoms with van der Waals surface area (Å²) in [6, 6.07) is 23.0. The van der Waals surface area contributed by atoms with Crippen LogP contribution in [0.25, 0.3) is 11.1 Å². The first-order valence-electron chi connectivity index (χ1n) is 22.0. The Bertz CT molecular complexity index is 2550. The van der Waals surface area contributed by atoms with E-state index in [1.165, 1.54) is 0 Å². The molecule has 6 nitrogen and oxygen atoms in total. The van der Waals surface area contributed by atoms with Crippen LogP contribution in [0.1, 0.15) is 113 Å². The van der Waals surface area contributed by atoms with Crippen molar-refractivity contribution in [1.82, 2.24) is 0 Å². The molecular weight excluding hydrogens is 966 g/mol. The molecule has 65 heavy (non-hydrogen) atoms. The zero-order chi connectivity index (χ0) is 47.3. The number of carbonyl (C=O) groups excluding carboxylic acids is 4. The molecule has 11 heteroatoms. The second-order valence-electron chi connectivity index (χ2n) is 17.3. The van der Waals surface area contributed by atoms with Gasteiger partial charge in [0.1, 0.15) is 5.75 Å². The van der Waals surface area contributed by atoms with Crippen molar-refractivity contribution >= 4 is 85.5 Å². The summed E-state index contributed by atoms with van der Waals surface area (Å²) >= 11 is 27.6. The van der Waals surface area contributed by atoms with Crippen molar-refractivity contribution in [1.29, 1.82) is 0 Å². The van der Waals surface area contributed by atoms with E-state index in [4.69, 9.17) is 55.9 Å². The van der Waals surface area contributed by atoms with Crippen LogP contribution < -0.4 is 4.74 Å². The second-order valence-corrected chi connectivity index (χ2v) is 19.7. The molecule has 0 N–H and O–H groups in total. The average Bonchev–Trinajstić information content (AvgIpc) is 4.02. The molecule has 4 unspecified atom stereocenters. The lowest BCUT2D eigenvalue weighted by Gasteiger charge is -2.13. The molecular formula is C54H55BrCl4O6. The molecule has 0 heterocycles. The molecule has 4 aliphatic carbocycles. The predicted octanol–water partition coefficient (Wildman–Crippen LogP) is 14.6. The molecule has 0 saturated heterocycles. The largest absolute Gasteiger partial charge is 0.496 e. The number of Topliss-reactive ketones (excluding diaryl/α,β-unsaturated/α-hetero) is 4. The standard InChI is InChI=1S/C17H15BrO2.C13H15ClO.C12H12Cl2O.C12H13ClO2/c1-10-8-13-15(17(10)19)12(9-14(20-2)16(13)18)11-6-4-3-5-7-11;1-6-5-10-11(13(6)15)8(3)7(2)9(4)12(10)14;13-6-2-3-8-7-10-9(12(8)15)4-1-5-11(10)14;1-15-6-5-8-7-10-9(12(8)14)3-2-4-11(10)13/h3-7,9-10H,8H2,1-2H3;6H,5H2,1-4H3;1,4-5,8H,2-3,6-7H2;2-4,8H,5-7H2,1H3. The number of benzene rings is 5. The summed E-state index contributed by atoms with van der Waals surface area (Å²) < 4.78 is 11.4. The van der Waals surface area contributed by atoms with E-state index in [9.17, 15) is 19.2 Å². The average molecular weight is 1020 g/mol. The van der Waals surface area contributed by atoms with Crippen LogP contribution in [0.2, 0.25) is 15.1 Å². The smallest absolute Gasteiger partial charge is 0.166 e. The van der Waals surface area contributed by atoms with Gasteiger partial charge >= 0.3 is 0 Å². The Hall–Kier alpha value is -3.82. The lowest BCUT2D eigenvalue weighted by molar-refractivity contribution is 0.0897. The summed E-state index contributed by atoms with van der Waals surface area (Å²) in [7, 11) is 3.31. The molecule has 342 valence electrons. The Morgan fingerprint density at radius 3 is 1.66 bits per heavy atom. The Morgan fingerprint density at radius 2 is 1.14 bits per heavy atom. The number of halogens is 5. The first-order chi connectivity index (χ1) is 31.1. The topological polar surface area (TPSA) is 86.7 Å². The molecule has 0 spiro atoms. The monoisotopic (exact) mass is 1020 g/mol. The quantitative estimate of drug-likeness (QED) is 0.144. The van der Waals surface area contributed by atoms with E-state index in [1.54, 1.807) is 14.2 Å². The normalized spacial score (nSPS) is 18.7. The Balaban J connectivity index is 0.000000145. The molecule has 0 bridgehead atoms. The van der Waals surface area contributed by atoms with Gasteiger partial charge in [0.25, 0.3) is 0 Å². The van der Waals surface area contributed by atoms with Crippen LogP contribution >= 0.6 is 62.3 Å². The van der Waals surface area contributed by atoms with Crippen LogP contribution in [0.4, 0.5) is 0 Å². The third kappa shape index (κ3) is 10.7. The number of alkyl halides is 1. The molecule has 0 aliphatic heterocycles. The van der Waals surface area contributed by atoms with Gasteiger partial charge in [-0.05, 0) is 150 Å². The van der Waals surface area contributed by atoms with E-state index >= 15 is 0 Å². The summed E-state index contributed by atoms with van der Waals surface area (Å²) in [6.07, 6.45) is 5.65. The maximum atomic E-state index is 12.5. The molecule has 0 aromatic heterocycles. The maximum Gasteiger partial charge on any atom is 0.166 e. The van der Waals surface area contributed by atoms with E-state index in [1.807, 2.05) is 107 Å². The SMILES string of the molecule is COCCC1Cc2c(Cl)cccc2C1=O.COc1cc(-c2ccccc2)c2c(c1Br)CC(C)C2=O.Cc1c(C)c(Cl)c2c(c1C)C(=O)C(C)C2.O=C1c2cccc(Cl)c2CC1CCCCl. The second kappa shape index (κ2) is 22.3. The molecule has 4 atom stereocenters. The van der Waals surface area contributed by atoms with E-state index < -0.39 is 0 Å². The fourth-order valence-corrected chi connectivity index (χ4v) is 10.9. The molecule has 0 fully saturated rings. The van der Waals surface area contributed by atoms with E-state index in [0.717, 1.165) is 133 Å². The first-order valence-corrected chi connectivity index (χ1v) is 24.5. The molecule has 9 rings (SSSR count). The van der Waals surface area contributed by atoms with E-state index in [-0.39, 0.29) is 46.8 Å². The maximum absolute atomic E-state index is 12.5. The van der Waals surface area contributed by atoms with Gasteiger partial charge in [-0.25, -0.2) is 0 Å². The molecule has 5 aromatic rings. The minimum Gasteiger partial charge on any atom is -0.496 e. The Kier molecular flexibility index (Phi) is 17.4. The Labute approximate surface area is 411 Å². The lowest BCUT2D eigenvalue weighted by Crippen LogP contribution is -2.11. The summed E-state index contributed by atoms with van der Waals surface area (Å²) in [6.45, 7) is 10.7. The van der Waals surface area contributed by atoms with Crippen molar-refractivity contribution in [3.63, 3.8) is 0 Å².